The molecule has 0 bridgehead atoms. The smallest absolute Gasteiger partial charge is 0.266 e. The van der Waals surface area contributed by atoms with Crippen molar-refractivity contribution in [3.8, 4) is 5.69 Å². The van der Waals surface area contributed by atoms with Crippen LogP contribution in [0.5, 0.6) is 0 Å². The van der Waals surface area contributed by atoms with Crippen LogP contribution in [0.3, 0.4) is 0 Å². The maximum absolute atomic E-state index is 13.5. The molecule has 0 N–H and O–H groups in total. The third-order valence-electron chi connectivity index (χ3n) is 5.11. The minimum absolute atomic E-state index is 0.0385. The molecule has 156 valence electrons. The zero-order valence-corrected chi connectivity index (χ0v) is 19.8. The van der Waals surface area contributed by atoms with Crippen LogP contribution < -0.4 is 5.56 Å². The van der Waals surface area contributed by atoms with E-state index < -0.39 is 0 Å². The van der Waals surface area contributed by atoms with Gasteiger partial charge in [-0.05, 0) is 66.3 Å². The number of hydrogen-bond acceptors (Lipinski definition) is 5. The highest BCUT2D eigenvalue weighted by Crippen LogP contribution is 2.27. The van der Waals surface area contributed by atoms with Gasteiger partial charge >= 0.3 is 0 Å². The number of morpholine rings is 1. The largest absolute Gasteiger partial charge is 0.378 e. The van der Waals surface area contributed by atoms with Crippen molar-refractivity contribution in [2.24, 2.45) is 0 Å². The lowest BCUT2D eigenvalue weighted by Gasteiger charge is -2.29. The van der Waals surface area contributed by atoms with Crippen LogP contribution in [0.4, 0.5) is 0 Å². The van der Waals surface area contributed by atoms with E-state index in [1.54, 1.807) is 4.57 Å². The number of carbonyl (C=O) groups is 1. The Kier molecular flexibility index (Phi) is 6.45. The van der Waals surface area contributed by atoms with E-state index in [2.05, 4.69) is 22.6 Å². The second-order valence-corrected chi connectivity index (χ2v) is 9.73. The SMILES string of the molecule is Cc1ccccc1-n1c(S[C@@H](C)C(=O)N2CCOCC2)nc2ccc(I)cc2c1=O. The Morgan fingerprint density at radius 3 is 2.67 bits per heavy atom. The van der Waals surface area contributed by atoms with E-state index in [4.69, 9.17) is 9.72 Å². The lowest BCUT2D eigenvalue weighted by atomic mass is 10.2. The highest BCUT2D eigenvalue weighted by Gasteiger charge is 2.26. The molecule has 0 saturated carbocycles. The van der Waals surface area contributed by atoms with Crippen molar-refractivity contribution in [2.75, 3.05) is 26.3 Å². The fourth-order valence-electron chi connectivity index (χ4n) is 3.49. The molecule has 2 aromatic carbocycles. The summed E-state index contributed by atoms with van der Waals surface area (Å²) in [5, 5.41) is 0.727. The number of fused-ring (bicyclic) bond motifs is 1. The fourth-order valence-corrected chi connectivity index (χ4v) is 4.99. The van der Waals surface area contributed by atoms with Gasteiger partial charge in [0.15, 0.2) is 5.16 Å². The van der Waals surface area contributed by atoms with Crippen molar-refractivity contribution in [1.82, 2.24) is 14.5 Å². The summed E-state index contributed by atoms with van der Waals surface area (Å²) in [6.07, 6.45) is 0. The van der Waals surface area contributed by atoms with Crippen LogP contribution in [0.1, 0.15) is 12.5 Å². The number of amides is 1. The molecule has 1 aliphatic rings. The van der Waals surface area contributed by atoms with Crippen LogP contribution in [0.15, 0.2) is 52.4 Å². The highest BCUT2D eigenvalue weighted by molar-refractivity contribution is 14.1. The molecule has 3 aromatic rings. The van der Waals surface area contributed by atoms with Crippen molar-refractivity contribution in [3.05, 3.63) is 62.0 Å². The monoisotopic (exact) mass is 535 g/mol. The topological polar surface area (TPSA) is 64.4 Å². The summed E-state index contributed by atoms with van der Waals surface area (Å²) in [6, 6.07) is 13.4. The van der Waals surface area contributed by atoms with Crippen LogP contribution in [0.25, 0.3) is 16.6 Å². The summed E-state index contributed by atoms with van der Waals surface area (Å²) < 4.78 is 7.97. The third-order valence-corrected chi connectivity index (χ3v) is 6.82. The number of thioether (sulfide) groups is 1. The zero-order chi connectivity index (χ0) is 21.3. The predicted octanol–water partition coefficient (Wildman–Crippen LogP) is 3.64. The van der Waals surface area contributed by atoms with Gasteiger partial charge in [0.25, 0.3) is 5.56 Å². The van der Waals surface area contributed by atoms with E-state index >= 15 is 0 Å². The summed E-state index contributed by atoms with van der Waals surface area (Å²) in [6.45, 7) is 6.15. The summed E-state index contributed by atoms with van der Waals surface area (Å²) in [5.41, 5.74) is 2.27. The van der Waals surface area contributed by atoms with Gasteiger partial charge in [-0.25, -0.2) is 4.98 Å². The number of ether oxygens (including phenoxy) is 1. The number of halogens is 1. The molecule has 1 atom stereocenters. The van der Waals surface area contributed by atoms with E-state index in [0.29, 0.717) is 42.4 Å². The molecule has 1 aromatic heterocycles. The number of hydrogen-bond donors (Lipinski definition) is 0. The summed E-state index contributed by atoms with van der Waals surface area (Å²) in [4.78, 5) is 33.1. The molecule has 0 radical (unpaired) electrons. The number of aromatic nitrogens is 2. The average Bonchev–Trinajstić information content (AvgIpc) is 2.75. The molecule has 0 spiro atoms. The van der Waals surface area contributed by atoms with E-state index in [-0.39, 0.29) is 16.7 Å². The first-order chi connectivity index (χ1) is 14.5. The van der Waals surface area contributed by atoms with Gasteiger partial charge in [-0.3, -0.25) is 14.2 Å². The van der Waals surface area contributed by atoms with Crippen molar-refractivity contribution in [1.29, 1.82) is 0 Å². The Morgan fingerprint density at radius 2 is 1.93 bits per heavy atom. The highest BCUT2D eigenvalue weighted by atomic mass is 127. The lowest BCUT2D eigenvalue weighted by Crippen LogP contribution is -2.44. The first-order valence-corrected chi connectivity index (χ1v) is 11.7. The summed E-state index contributed by atoms with van der Waals surface area (Å²) in [7, 11) is 0. The summed E-state index contributed by atoms with van der Waals surface area (Å²) in [5.74, 6) is 0.0385. The number of aryl methyl sites for hydroxylation is 1. The predicted molar refractivity (Wildman–Crippen MR) is 128 cm³/mol. The van der Waals surface area contributed by atoms with Gasteiger partial charge in [-0.15, -0.1) is 0 Å². The minimum Gasteiger partial charge on any atom is -0.378 e. The van der Waals surface area contributed by atoms with Gasteiger partial charge in [0.1, 0.15) is 0 Å². The van der Waals surface area contributed by atoms with Crippen LogP contribution in [-0.2, 0) is 9.53 Å². The molecular formula is C22H22IN3O3S. The number of para-hydroxylation sites is 1. The maximum Gasteiger partial charge on any atom is 0.266 e. The minimum atomic E-state index is -0.369. The first kappa shape index (κ1) is 21.3. The standard InChI is InChI=1S/C22H22IN3O3S/c1-14-5-3-4-6-19(14)26-21(28)17-13-16(23)7-8-18(17)24-22(26)30-15(2)20(27)25-9-11-29-12-10-25/h3-8,13,15H,9-12H2,1-2H3/t15-/m0/s1. The van der Waals surface area contributed by atoms with Gasteiger partial charge in [0, 0.05) is 16.7 Å². The Balaban J connectivity index is 1.80. The fraction of sp³-hybridized carbons (Fsp3) is 0.318. The quantitative estimate of drug-likeness (QED) is 0.290. The van der Waals surface area contributed by atoms with E-state index in [9.17, 15) is 9.59 Å². The molecule has 1 amide bonds. The molecule has 0 aliphatic carbocycles. The van der Waals surface area contributed by atoms with E-state index in [1.165, 1.54) is 11.8 Å². The number of benzene rings is 2. The Hall–Kier alpha value is -1.91. The average molecular weight is 535 g/mol. The molecule has 0 unspecified atom stereocenters. The number of carbonyl (C=O) groups excluding carboxylic acids is 1. The van der Waals surface area contributed by atoms with Crippen molar-refractivity contribution < 1.29 is 9.53 Å². The molecule has 2 heterocycles. The van der Waals surface area contributed by atoms with Crippen molar-refractivity contribution in [2.45, 2.75) is 24.3 Å². The molecule has 4 rings (SSSR count). The number of nitrogens with zero attached hydrogens (tertiary/aromatic N) is 3. The van der Waals surface area contributed by atoms with Crippen LogP contribution in [-0.4, -0.2) is 51.9 Å². The Morgan fingerprint density at radius 1 is 1.20 bits per heavy atom. The van der Waals surface area contributed by atoms with Gasteiger partial charge < -0.3 is 9.64 Å². The molecule has 1 aliphatic heterocycles. The van der Waals surface area contributed by atoms with Crippen LogP contribution >= 0.6 is 34.4 Å². The second-order valence-electron chi connectivity index (χ2n) is 7.18. The Labute approximate surface area is 192 Å². The van der Waals surface area contributed by atoms with Crippen LogP contribution in [0.2, 0.25) is 0 Å². The second kappa shape index (κ2) is 9.07. The normalized spacial score (nSPS) is 15.4. The molecule has 8 heteroatoms. The van der Waals surface area contributed by atoms with Gasteiger partial charge in [-0.1, -0.05) is 30.0 Å². The molecule has 1 fully saturated rings. The van der Waals surface area contributed by atoms with E-state index in [1.807, 2.05) is 61.2 Å². The van der Waals surface area contributed by atoms with E-state index in [0.717, 1.165) is 14.8 Å². The summed E-state index contributed by atoms with van der Waals surface area (Å²) >= 11 is 3.52. The lowest BCUT2D eigenvalue weighted by molar-refractivity contribution is -0.134. The van der Waals surface area contributed by atoms with Gasteiger partial charge in [0.05, 0.1) is 35.1 Å². The Bertz CT molecular complexity index is 1160. The van der Waals surface area contributed by atoms with Crippen molar-refractivity contribution >= 4 is 51.2 Å². The van der Waals surface area contributed by atoms with Crippen LogP contribution in [0, 0.1) is 10.5 Å². The number of rotatable bonds is 4. The molecule has 1 saturated heterocycles. The van der Waals surface area contributed by atoms with Gasteiger partial charge in [-0.2, -0.15) is 0 Å². The van der Waals surface area contributed by atoms with Crippen molar-refractivity contribution in [3.63, 3.8) is 0 Å². The molecular weight excluding hydrogens is 513 g/mol. The first-order valence-electron chi connectivity index (χ1n) is 9.77. The molecule has 6 nitrogen and oxygen atoms in total. The third kappa shape index (κ3) is 4.26. The molecule has 30 heavy (non-hydrogen) atoms. The zero-order valence-electron chi connectivity index (χ0n) is 16.8. The maximum atomic E-state index is 13.5. The van der Waals surface area contributed by atoms with Gasteiger partial charge in [0.2, 0.25) is 5.91 Å².